The fraction of sp³-hybridized carbons (Fsp3) is 0.458. The van der Waals surface area contributed by atoms with E-state index in [-0.39, 0.29) is 24.3 Å². The number of benzene rings is 1. The summed E-state index contributed by atoms with van der Waals surface area (Å²) in [5.41, 5.74) is 0.438. The van der Waals surface area contributed by atoms with Crippen molar-refractivity contribution in [3.05, 3.63) is 48.0 Å². The predicted molar refractivity (Wildman–Crippen MR) is 123 cm³/mol. The van der Waals surface area contributed by atoms with Crippen LogP contribution in [-0.2, 0) is 16.1 Å². The maximum absolute atomic E-state index is 13.6. The number of anilines is 1. The molecule has 34 heavy (non-hydrogen) atoms. The lowest BCUT2D eigenvalue weighted by Crippen LogP contribution is -2.52. The van der Waals surface area contributed by atoms with Crippen LogP contribution in [0, 0.1) is 12.7 Å². The number of rotatable bonds is 9. The van der Waals surface area contributed by atoms with E-state index in [1.165, 1.54) is 34.0 Å². The molecular formula is C24H29FN6O3. The third-order valence-corrected chi connectivity index (χ3v) is 5.94. The minimum atomic E-state index is -0.737. The van der Waals surface area contributed by atoms with Gasteiger partial charge in [0.15, 0.2) is 5.76 Å². The van der Waals surface area contributed by atoms with Gasteiger partial charge in [-0.25, -0.2) is 4.39 Å². The second-order valence-corrected chi connectivity index (χ2v) is 8.59. The maximum Gasteiger partial charge on any atom is 0.251 e. The van der Waals surface area contributed by atoms with Crippen LogP contribution in [0.4, 0.5) is 10.1 Å². The van der Waals surface area contributed by atoms with Gasteiger partial charge in [0.05, 0.1) is 0 Å². The molecule has 0 saturated heterocycles. The summed E-state index contributed by atoms with van der Waals surface area (Å²) in [6.45, 7) is 3.53. The van der Waals surface area contributed by atoms with Gasteiger partial charge in [-0.15, -0.1) is 10.2 Å². The zero-order valence-electron chi connectivity index (χ0n) is 19.4. The molecular weight excluding hydrogens is 439 g/mol. The molecule has 0 spiro atoms. The molecule has 10 heteroatoms. The maximum atomic E-state index is 13.6. The number of furan rings is 1. The first-order valence-corrected chi connectivity index (χ1v) is 11.7. The van der Waals surface area contributed by atoms with Gasteiger partial charge < -0.3 is 9.73 Å². The molecule has 180 valence electrons. The average Bonchev–Trinajstić information content (AvgIpc) is 3.57. The lowest BCUT2D eigenvalue weighted by molar-refractivity contribution is -0.127. The van der Waals surface area contributed by atoms with Gasteiger partial charge in [-0.1, -0.05) is 26.2 Å². The first kappa shape index (κ1) is 23.6. The molecule has 1 N–H and O–H groups in total. The van der Waals surface area contributed by atoms with Gasteiger partial charge in [-0.3, -0.25) is 14.5 Å². The topological polar surface area (TPSA) is 106 Å². The summed E-state index contributed by atoms with van der Waals surface area (Å²) in [5, 5.41) is 15.3. The number of hydrogen-bond acceptors (Lipinski definition) is 6. The highest BCUT2D eigenvalue weighted by atomic mass is 19.1. The third kappa shape index (κ3) is 5.49. The van der Waals surface area contributed by atoms with Crippen LogP contribution in [0.5, 0.6) is 0 Å². The number of carbonyl (C=O) groups is 2. The predicted octanol–water partition coefficient (Wildman–Crippen LogP) is 3.64. The van der Waals surface area contributed by atoms with Crippen molar-refractivity contribution in [1.29, 1.82) is 0 Å². The van der Waals surface area contributed by atoms with E-state index in [1.807, 2.05) is 13.8 Å². The van der Waals surface area contributed by atoms with Crippen molar-refractivity contribution in [2.45, 2.75) is 71.0 Å². The lowest BCUT2D eigenvalue weighted by atomic mass is 10.1. The molecule has 1 aromatic carbocycles. The number of aromatic nitrogens is 4. The number of halogens is 1. The summed E-state index contributed by atoms with van der Waals surface area (Å²) < 4.78 is 19.1. The molecule has 9 nitrogen and oxygen atoms in total. The second kappa shape index (κ2) is 10.6. The van der Waals surface area contributed by atoms with Gasteiger partial charge in [0.2, 0.25) is 11.7 Å². The van der Waals surface area contributed by atoms with Gasteiger partial charge in [0.25, 0.3) is 5.91 Å². The van der Waals surface area contributed by atoms with Crippen LogP contribution in [-0.4, -0.2) is 44.1 Å². The molecule has 4 rings (SSSR count). The van der Waals surface area contributed by atoms with E-state index in [0.29, 0.717) is 30.0 Å². The van der Waals surface area contributed by atoms with E-state index >= 15 is 0 Å². The Morgan fingerprint density at radius 2 is 1.94 bits per heavy atom. The number of tetrazole rings is 1. The van der Waals surface area contributed by atoms with Crippen molar-refractivity contribution in [2.75, 3.05) is 4.90 Å². The van der Waals surface area contributed by atoms with Crippen molar-refractivity contribution in [1.82, 2.24) is 25.5 Å². The summed E-state index contributed by atoms with van der Waals surface area (Å²) in [6, 6.07) is 8.46. The molecule has 0 aliphatic heterocycles. The summed E-state index contributed by atoms with van der Waals surface area (Å²) in [6.07, 6.45) is 5.19. The van der Waals surface area contributed by atoms with Gasteiger partial charge in [-0.05, 0) is 67.8 Å². The number of carbonyl (C=O) groups excluding carboxylic acids is 2. The summed E-state index contributed by atoms with van der Waals surface area (Å²) in [5.74, 6) is 0.399. The van der Waals surface area contributed by atoms with Crippen LogP contribution in [0.25, 0.3) is 11.6 Å². The lowest BCUT2D eigenvalue weighted by Gasteiger charge is -2.31. The first-order valence-electron chi connectivity index (χ1n) is 11.7. The van der Waals surface area contributed by atoms with Crippen molar-refractivity contribution in [3.8, 4) is 11.6 Å². The van der Waals surface area contributed by atoms with Crippen LogP contribution in [0.15, 0.2) is 40.8 Å². The number of nitrogens with zero attached hydrogens (tertiary/aromatic N) is 5. The first-order chi connectivity index (χ1) is 16.4. The summed E-state index contributed by atoms with van der Waals surface area (Å²) >= 11 is 0. The van der Waals surface area contributed by atoms with Crippen molar-refractivity contribution in [2.24, 2.45) is 0 Å². The van der Waals surface area contributed by atoms with Gasteiger partial charge in [0.1, 0.15) is 24.2 Å². The van der Waals surface area contributed by atoms with Crippen LogP contribution in [0.3, 0.4) is 0 Å². The van der Waals surface area contributed by atoms with Crippen molar-refractivity contribution in [3.63, 3.8) is 0 Å². The number of nitrogens with one attached hydrogen (secondary N) is 1. The third-order valence-electron chi connectivity index (χ3n) is 5.94. The highest BCUT2D eigenvalue weighted by Crippen LogP contribution is 2.24. The molecule has 2 aromatic heterocycles. The van der Waals surface area contributed by atoms with Crippen LogP contribution in [0.1, 0.15) is 51.2 Å². The Morgan fingerprint density at radius 3 is 2.59 bits per heavy atom. The zero-order valence-corrected chi connectivity index (χ0v) is 19.4. The van der Waals surface area contributed by atoms with Crippen LogP contribution in [0.2, 0.25) is 0 Å². The van der Waals surface area contributed by atoms with Crippen molar-refractivity contribution < 1.29 is 18.4 Å². The Kier molecular flexibility index (Phi) is 7.34. The van der Waals surface area contributed by atoms with E-state index in [2.05, 4.69) is 20.7 Å². The highest BCUT2D eigenvalue weighted by Gasteiger charge is 2.32. The largest absolute Gasteiger partial charge is 0.458 e. The molecule has 1 saturated carbocycles. The molecule has 1 unspecified atom stereocenters. The quantitative estimate of drug-likeness (QED) is 0.514. The molecule has 1 aliphatic rings. The Balaban J connectivity index is 1.59. The SMILES string of the molecule is CCCC(C(=O)NC1CCCC1)N(C(=O)Cn1nnc(-c2ccc(C)o2)n1)c1ccc(F)cc1. The van der Waals surface area contributed by atoms with Gasteiger partial charge in [0, 0.05) is 11.7 Å². The van der Waals surface area contributed by atoms with E-state index < -0.39 is 17.8 Å². The number of aryl methyl sites for hydroxylation is 1. The standard InChI is InChI=1S/C24H29FN6O3/c1-3-6-20(24(33)26-18-7-4-5-8-18)31(19-12-10-17(25)11-13-19)22(32)15-30-28-23(27-29-30)21-14-9-16(2)34-21/h9-14,18,20H,3-8,15H2,1-2H3,(H,26,33). The average molecular weight is 469 g/mol. The Morgan fingerprint density at radius 1 is 1.21 bits per heavy atom. The molecule has 1 fully saturated rings. The molecule has 3 aromatic rings. The van der Waals surface area contributed by atoms with Gasteiger partial charge in [-0.2, -0.15) is 4.80 Å². The van der Waals surface area contributed by atoms with Crippen LogP contribution >= 0.6 is 0 Å². The highest BCUT2D eigenvalue weighted by molar-refractivity contribution is 6.00. The molecule has 1 aliphatic carbocycles. The Hall–Kier alpha value is -3.56. The molecule has 0 radical (unpaired) electrons. The molecule has 1 atom stereocenters. The van der Waals surface area contributed by atoms with E-state index in [9.17, 15) is 14.0 Å². The monoisotopic (exact) mass is 468 g/mol. The smallest absolute Gasteiger partial charge is 0.251 e. The summed E-state index contributed by atoms with van der Waals surface area (Å²) in [7, 11) is 0. The van der Waals surface area contributed by atoms with Crippen molar-refractivity contribution >= 4 is 17.5 Å². The minimum Gasteiger partial charge on any atom is -0.458 e. The van der Waals surface area contributed by atoms with Crippen LogP contribution < -0.4 is 10.2 Å². The molecule has 2 heterocycles. The van der Waals surface area contributed by atoms with E-state index in [1.54, 1.807) is 12.1 Å². The molecule has 2 amide bonds. The second-order valence-electron chi connectivity index (χ2n) is 8.59. The van der Waals surface area contributed by atoms with Gasteiger partial charge >= 0.3 is 0 Å². The number of amides is 2. The van der Waals surface area contributed by atoms with E-state index in [0.717, 1.165) is 25.7 Å². The van der Waals surface area contributed by atoms with E-state index in [4.69, 9.17) is 4.42 Å². The number of hydrogen-bond donors (Lipinski definition) is 1. The fourth-order valence-corrected chi connectivity index (χ4v) is 4.28. The minimum absolute atomic E-state index is 0.119. The molecule has 0 bridgehead atoms. The Bertz CT molecular complexity index is 1120. The fourth-order valence-electron chi connectivity index (χ4n) is 4.28. The zero-order chi connectivity index (χ0) is 24.1. The Labute approximate surface area is 197 Å². The summed E-state index contributed by atoms with van der Waals surface area (Å²) in [4.78, 5) is 29.4. The normalized spacial score (nSPS) is 14.8.